The smallest absolute Gasteiger partial charge is 0.00310 e. The van der Waals surface area contributed by atoms with Crippen molar-refractivity contribution in [1.82, 2.24) is 5.32 Å². The van der Waals surface area contributed by atoms with Crippen LogP contribution in [0.2, 0.25) is 0 Å². The molecular formula is C51H110N2. The highest BCUT2D eigenvalue weighted by atomic mass is 14.8. The number of nitrogens with two attached hydrogens (primary N) is 1. The Morgan fingerprint density at radius 2 is 1.19 bits per heavy atom. The second-order valence-electron chi connectivity index (χ2n) is 14.7. The summed E-state index contributed by atoms with van der Waals surface area (Å²) >= 11 is 0. The molecule has 1 fully saturated rings. The first-order valence-electron chi connectivity index (χ1n) is 22.1. The molecule has 3 N–H and O–H groups in total. The van der Waals surface area contributed by atoms with E-state index in [-0.39, 0.29) is 0 Å². The van der Waals surface area contributed by atoms with Gasteiger partial charge in [-0.25, -0.2) is 0 Å². The predicted molar refractivity (Wildman–Crippen MR) is 259 cm³/mol. The van der Waals surface area contributed by atoms with Crippen molar-refractivity contribution in [3.05, 3.63) is 67.6 Å². The molecule has 1 rings (SSSR count). The van der Waals surface area contributed by atoms with Crippen molar-refractivity contribution in [2.75, 3.05) is 14.1 Å². The first kappa shape index (κ1) is 72.5. The van der Waals surface area contributed by atoms with Crippen molar-refractivity contribution in [3.8, 4) is 0 Å². The number of hydrogen-bond donors (Lipinski definition) is 2. The summed E-state index contributed by atoms with van der Waals surface area (Å²) < 4.78 is 0. The number of rotatable bonds is 17. The predicted octanol–water partition coefficient (Wildman–Crippen LogP) is 18.3. The van der Waals surface area contributed by atoms with Gasteiger partial charge in [-0.2, -0.15) is 0 Å². The van der Waals surface area contributed by atoms with Crippen molar-refractivity contribution in [2.24, 2.45) is 28.9 Å². The second kappa shape index (κ2) is 68.3. The number of hydrogen-bond acceptors (Lipinski definition) is 2. The highest BCUT2D eigenvalue weighted by Gasteiger charge is 2.17. The molecule has 1 aliphatic rings. The molecule has 0 bridgehead atoms. The maximum atomic E-state index is 4.50. The molecule has 0 aromatic rings. The Kier molecular flexibility index (Phi) is 93.4. The van der Waals surface area contributed by atoms with E-state index < -0.39 is 0 Å². The van der Waals surface area contributed by atoms with Crippen LogP contribution < -0.4 is 11.1 Å². The van der Waals surface area contributed by atoms with E-state index in [0.29, 0.717) is 5.41 Å². The Labute approximate surface area is 342 Å². The van der Waals surface area contributed by atoms with Crippen LogP contribution in [0.5, 0.6) is 0 Å². The molecule has 1 aliphatic carbocycles. The Hall–Kier alpha value is -1.76. The van der Waals surface area contributed by atoms with Crippen LogP contribution in [0.1, 0.15) is 227 Å². The van der Waals surface area contributed by atoms with Gasteiger partial charge in [-0.3, -0.25) is 0 Å². The molecule has 0 aliphatic heterocycles. The van der Waals surface area contributed by atoms with Crippen LogP contribution in [0.25, 0.3) is 0 Å². The fraction of sp³-hybridized carbons (Fsp3) is 0.784. The molecule has 0 saturated heterocycles. The van der Waals surface area contributed by atoms with Crippen molar-refractivity contribution >= 4 is 0 Å². The normalized spacial score (nSPS) is 11.5. The van der Waals surface area contributed by atoms with Crippen molar-refractivity contribution in [1.29, 1.82) is 0 Å². The van der Waals surface area contributed by atoms with E-state index in [1.54, 1.807) is 11.6 Å². The zero-order valence-corrected chi connectivity index (χ0v) is 41.3. The summed E-state index contributed by atoms with van der Waals surface area (Å²) in [7, 11) is 3.43. The molecule has 2 atom stereocenters. The van der Waals surface area contributed by atoms with Gasteiger partial charge in [0.15, 0.2) is 0 Å². The zero-order chi connectivity index (χ0) is 44.1. The van der Waals surface area contributed by atoms with E-state index in [1.165, 1.54) is 103 Å². The SMILES string of the molecule is C=C.C=C=C(C)CCCCCCC(=C)NC.C=CC.CC.CC.CC(C)(C)C.CC1CC1.CCC.CCC=C(C)C(C)C(CCC)CCCCC.CN. The summed E-state index contributed by atoms with van der Waals surface area (Å²) in [6.07, 6.45) is 25.3. The van der Waals surface area contributed by atoms with E-state index in [4.69, 9.17) is 0 Å². The minimum atomic E-state index is 0.500. The van der Waals surface area contributed by atoms with Crippen LogP contribution in [0.3, 0.4) is 0 Å². The molecule has 0 aromatic heterocycles. The Bertz CT molecular complexity index is 692. The summed E-state index contributed by atoms with van der Waals surface area (Å²) in [5, 5.41) is 3.07. The van der Waals surface area contributed by atoms with Crippen molar-refractivity contribution in [3.63, 3.8) is 0 Å². The van der Waals surface area contributed by atoms with Crippen LogP contribution in [0.4, 0.5) is 0 Å². The molecule has 324 valence electrons. The third kappa shape index (κ3) is 106. The molecule has 2 nitrogen and oxygen atoms in total. The molecule has 2 unspecified atom stereocenters. The average molecular weight is 751 g/mol. The number of unbranched alkanes of at least 4 members (excludes halogenated alkanes) is 5. The van der Waals surface area contributed by atoms with Gasteiger partial charge in [0, 0.05) is 12.7 Å². The minimum absolute atomic E-state index is 0.500. The van der Waals surface area contributed by atoms with E-state index in [9.17, 15) is 0 Å². The quantitative estimate of drug-likeness (QED) is 0.0882. The van der Waals surface area contributed by atoms with Gasteiger partial charge in [0.25, 0.3) is 0 Å². The van der Waals surface area contributed by atoms with Gasteiger partial charge in [0.05, 0.1) is 0 Å². The molecule has 0 heterocycles. The highest BCUT2D eigenvalue weighted by molar-refractivity contribution is 5.03. The molecule has 0 spiro atoms. The van der Waals surface area contributed by atoms with Crippen LogP contribution in [-0.2, 0) is 0 Å². The first-order chi connectivity index (χ1) is 25.1. The topological polar surface area (TPSA) is 38.0 Å². The average Bonchev–Trinajstić information content (AvgIpc) is 3.94. The van der Waals surface area contributed by atoms with Crippen LogP contribution >= 0.6 is 0 Å². The van der Waals surface area contributed by atoms with E-state index >= 15 is 0 Å². The molecule has 1 saturated carbocycles. The van der Waals surface area contributed by atoms with Gasteiger partial charge in [-0.15, -0.1) is 25.5 Å². The fourth-order valence-corrected chi connectivity index (χ4v) is 4.01. The van der Waals surface area contributed by atoms with Gasteiger partial charge < -0.3 is 11.1 Å². The summed E-state index contributed by atoms with van der Waals surface area (Å²) in [6, 6.07) is 0. The zero-order valence-electron chi connectivity index (χ0n) is 41.3. The Balaban J connectivity index is -0.0000000668. The van der Waals surface area contributed by atoms with Gasteiger partial charge in [0.1, 0.15) is 0 Å². The summed E-state index contributed by atoms with van der Waals surface area (Å²) in [5.74, 6) is 2.79. The van der Waals surface area contributed by atoms with Crippen LogP contribution in [-0.4, -0.2) is 14.1 Å². The summed E-state index contributed by atoms with van der Waals surface area (Å²) in [5.41, 5.74) is 12.0. The number of nitrogens with one attached hydrogen (secondary N) is 1. The lowest BCUT2D eigenvalue weighted by Gasteiger charge is -2.24. The lowest BCUT2D eigenvalue weighted by atomic mass is 9.81. The molecule has 0 aromatic carbocycles. The maximum absolute atomic E-state index is 4.50. The molecule has 2 heteroatoms. The van der Waals surface area contributed by atoms with E-state index in [0.717, 1.165) is 36.3 Å². The minimum Gasteiger partial charge on any atom is -0.392 e. The second-order valence-corrected chi connectivity index (χ2v) is 14.7. The highest BCUT2D eigenvalue weighted by Crippen LogP contribution is 2.29. The van der Waals surface area contributed by atoms with Crippen LogP contribution in [0.15, 0.2) is 67.6 Å². The molecule has 0 amide bonds. The van der Waals surface area contributed by atoms with Crippen molar-refractivity contribution < 1.29 is 0 Å². The standard InChI is InChI=1S/C16H32.C13H23N.C5H12.C4H8.C3H8.C3H6.2C2H6.C2H4.CH5N/c1-6-9-10-13-16(12-8-3)15(5)14(4)11-7-2;1-5-12(2)10-8-6-7-9-11-13(3)14-4;1-5(2,3)4;1-4-2-3-4;2*1-3-2;4*1-2/h11,15-16H,6-10,12-13H2,1-5H3;14H,1,3,6-11H2,2,4H3;1-4H3;4H,2-3H2,1H3;3H2,1-2H3;3H,1H2,2H3;2*1-2H3;1-2H2;2H2,1H3. The largest absolute Gasteiger partial charge is 0.392 e. The monoisotopic (exact) mass is 751 g/mol. The summed E-state index contributed by atoms with van der Waals surface area (Å²) in [4.78, 5) is 0. The molecule has 0 radical (unpaired) electrons. The van der Waals surface area contributed by atoms with Gasteiger partial charge in [-0.1, -0.05) is 199 Å². The van der Waals surface area contributed by atoms with Crippen LogP contribution in [0, 0.1) is 23.2 Å². The number of allylic oxidation sites excluding steroid dienone is 5. The maximum Gasteiger partial charge on any atom is 0.00310 e. The van der Waals surface area contributed by atoms with E-state index in [1.807, 2.05) is 41.7 Å². The van der Waals surface area contributed by atoms with Crippen molar-refractivity contribution in [2.45, 2.75) is 227 Å². The lowest BCUT2D eigenvalue weighted by Crippen LogP contribution is -2.13. The third-order valence-corrected chi connectivity index (χ3v) is 7.09. The fourth-order valence-electron chi connectivity index (χ4n) is 4.01. The summed E-state index contributed by atoms with van der Waals surface area (Å²) in [6.45, 7) is 55.7. The van der Waals surface area contributed by atoms with Gasteiger partial charge >= 0.3 is 0 Å². The van der Waals surface area contributed by atoms with E-state index in [2.05, 4.69) is 146 Å². The lowest BCUT2D eigenvalue weighted by molar-refractivity contribution is 0.336. The van der Waals surface area contributed by atoms with Gasteiger partial charge in [-0.05, 0) is 95.1 Å². The van der Waals surface area contributed by atoms with Gasteiger partial charge in [0.2, 0.25) is 0 Å². The first-order valence-corrected chi connectivity index (χ1v) is 22.1. The Morgan fingerprint density at radius 1 is 0.811 bits per heavy atom. The third-order valence-electron chi connectivity index (χ3n) is 7.09. The molecule has 53 heavy (non-hydrogen) atoms. The Morgan fingerprint density at radius 3 is 1.47 bits per heavy atom. The molecular weight excluding hydrogens is 641 g/mol.